The van der Waals surface area contributed by atoms with Crippen molar-refractivity contribution in [2.45, 2.75) is 32.3 Å². The lowest BCUT2D eigenvalue weighted by molar-refractivity contribution is 0.114. The van der Waals surface area contributed by atoms with Crippen LogP contribution in [-0.2, 0) is 7.05 Å². The number of hydrogen-bond donors (Lipinski definition) is 0. The van der Waals surface area contributed by atoms with Crippen LogP contribution in [0.5, 0.6) is 5.88 Å². The Kier molecular flexibility index (Phi) is 4.37. The number of allylic oxidation sites excluding steroid dienone is 1. The predicted octanol–water partition coefficient (Wildman–Crippen LogP) is 5.85. The number of pyridine rings is 1. The van der Waals surface area contributed by atoms with E-state index in [1.54, 1.807) is 0 Å². The molecule has 1 aliphatic carbocycles. The molecule has 0 N–H and O–H groups in total. The van der Waals surface area contributed by atoms with Crippen LogP contribution in [0.4, 0.5) is 0 Å². The molecule has 1 fully saturated rings. The third-order valence-electron chi connectivity index (χ3n) is 5.22. The third-order valence-corrected chi connectivity index (χ3v) is 5.22. The lowest BCUT2D eigenvalue weighted by atomic mass is 9.96. The summed E-state index contributed by atoms with van der Waals surface area (Å²) in [5.41, 5.74) is 5.80. The summed E-state index contributed by atoms with van der Waals surface area (Å²) in [4.78, 5) is 4.49. The average molecular weight is 344 g/mol. The summed E-state index contributed by atoms with van der Waals surface area (Å²) in [5, 5.41) is 1.22. The van der Waals surface area contributed by atoms with Crippen LogP contribution in [0.2, 0.25) is 0 Å². The van der Waals surface area contributed by atoms with Crippen molar-refractivity contribution in [2.75, 3.05) is 0 Å². The van der Waals surface area contributed by atoms with Crippen LogP contribution in [0.1, 0.15) is 37.4 Å². The van der Waals surface area contributed by atoms with Gasteiger partial charge in [0, 0.05) is 47.0 Å². The minimum atomic E-state index is 0.357. The second kappa shape index (κ2) is 6.83. The molecule has 26 heavy (non-hydrogen) atoms. The van der Waals surface area contributed by atoms with Gasteiger partial charge in [0.1, 0.15) is 6.10 Å². The molecule has 0 aliphatic heterocycles. The van der Waals surface area contributed by atoms with Gasteiger partial charge in [-0.3, -0.25) is 0 Å². The molecule has 0 bridgehead atoms. The fraction of sp³-hybridized carbons (Fsp3) is 0.261. The van der Waals surface area contributed by atoms with E-state index in [2.05, 4.69) is 59.6 Å². The predicted molar refractivity (Wildman–Crippen MR) is 109 cm³/mol. The van der Waals surface area contributed by atoms with Crippen molar-refractivity contribution < 1.29 is 4.74 Å². The van der Waals surface area contributed by atoms with Crippen LogP contribution in [0.25, 0.3) is 34.2 Å². The largest absolute Gasteiger partial charge is 0.474 e. The number of benzene rings is 1. The summed E-state index contributed by atoms with van der Waals surface area (Å²) >= 11 is 0. The monoisotopic (exact) mass is 344 g/mol. The fourth-order valence-corrected chi connectivity index (χ4v) is 3.52. The summed E-state index contributed by atoms with van der Waals surface area (Å²) in [7, 11) is 2.10. The molecule has 0 unspecified atom stereocenters. The Morgan fingerprint density at radius 1 is 1.19 bits per heavy atom. The Hall–Kier alpha value is -2.81. The van der Waals surface area contributed by atoms with E-state index < -0.39 is 0 Å². The third kappa shape index (κ3) is 2.84. The standard InChI is InChI=1S/C23H24N2O/c1-4-7-21-19(5-2)20-12-10-16(14-22(20)25(21)3)17-11-13-23(24-15-17)26-18-8-6-9-18/h4-5,7,10-15,18H,2,6,8-9H2,1,3H3/b7-4-. The van der Waals surface area contributed by atoms with Crippen molar-refractivity contribution in [3.63, 3.8) is 0 Å². The quantitative estimate of drug-likeness (QED) is 0.581. The maximum absolute atomic E-state index is 5.86. The molecule has 0 atom stereocenters. The summed E-state index contributed by atoms with van der Waals surface area (Å²) in [6.45, 7) is 6.03. The lowest BCUT2D eigenvalue weighted by Gasteiger charge is -2.25. The molecule has 0 saturated heterocycles. The van der Waals surface area contributed by atoms with Gasteiger partial charge in [-0.2, -0.15) is 0 Å². The Balaban J connectivity index is 1.70. The highest BCUT2D eigenvalue weighted by Gasteiger charge is 2.19. The van der Waals surface area contributed by atoms with Gasteiger partial charge >= 0.3 is 0 Å². The van der Waals surface area contributed by atoms with E-state index in [0.717, 1.165) is 29.8 Å². The highest BCUT2D eigenvalue weighted by molar-refractivity contribution is 5.96. The number of nitrogens with zero attached hydrogens (tertiary/aromatic N) is 2. The number of aromatic nitrogens is 2. The van der Waals surface area contributed by atoms with Gasteiger partial charge in [0.25, 0.3) is 0 Å². The Morgan fingerprint density at radius 2 is 2.00 bits per heavy atom. The van der Waals surface area contributed by atoms with E-state index in [9.17, 15) is 0 Å². The summed E-state index contributed by atoms with van der Waals surface area (Å²) in [6.07, 6.45) is 11.9. The van der Waals surface area contributed by atoms with Crippen molar-refractivity contribution in [3.8, 4) is 17.0 Å². The molecule has 3 nitrogen and oxygen atoms in total. The number of fused-ring (bicyclic) bond motifs is 1. The zero-order chi connectivity index (χ0) is 18.1. The molecule has 0 radical (unpaired) electrons. The van der Waals surface area contributed by atoms with E-state index in [0.29, 0.717) is 6.10 Å². The number of rotatable bonds is 5. The zero-order valence-electron chi connectivity index (χ0n) is 15.4. The van der Waals surface area contributed by atoms with E-state index in [-0.39, 0.29) is 0 Å². The van der Waals surface area contributed by atoms with Crippen LogP contribution < -0.4 is 4.74 Å². The fourth-order valence-electron chi connectivity index (χ4n) is 3.52. The zero-order valence-corrected chi connectivity index (χ0v) is 15.4. The minimum absolute atomic E-state index is 0.357. The highest BCUT2D eigenvalue weighted by Crippen LogP contribution is 2.32. The van der Waals surface area contributed by atoms with Crippen molar-refractivity contribution >= 4 is 23.1 Å². The highest BCUT2D eigenvalue weighted by atomic mass is 16.5. The topological polar surface area (TPSA) is 27.1 Å². The lowest BCUT2D eigenvalue weighted by Crippen LogP contribution is -2.24. The molecule has 3 aromatic rings. The minimum Gasteiger partial charge on any atom is -0.474 e. The van der Waals surface area contributed by atoms with Gasteiger partial charge in [0.15, 0.2) is 0 Å². The molecule has 1 saturated carbocycles. The number of aryl methyl sites for hydroxylation is 1. The van der Waals surface area contributed by atoms with Crippen LogP contribution in [0.15, 0.2) is 49.2 Å². The maximum atomic E-state index is 5.86. The van der Waals surface area contributed by atoms with E-state index in [4.69, 9.17) is 4.74 Å². The van der Waals surface area contributed by atoms with Crippen LogP contribution >= 0.6 is 0 Å². The molecule has 3 heteroatoms. The second-order valence-electron chi connectivity index (χ2n) is 6.85. The maximum Gasteiger partial charge on any atom is 0.213 e. The van der Waals surface area contributed by atoms with E-state index >= 15 is 0 Å². The van der Waals surface area contributed by atoms with Gasteiger partial charge in [-0.15, -0.1) is 0 Å². The average Bonchev–Trinajstić information content (AvgIpc) is 2.90. The van der Waals surface area contributed by atoms with Gasteiger partial charge in [0.05, 0.1) is 0 Å². The van der Waals surface area contributed by atoms with Crippen LogP contribution in [0, 0.1) is 0 Å². The first-order valence-electron chi connectivity index (χ1n) is 9.22. The number of ether oxygens (including phenoxy) is 1. The van der Waals surface area contributed by atoms with Crippen LogP contribution in [-0.4, -0.2) is 15.7 Å². The molecule has 0 spiro atoms. The molecular weight excluding hydrogens is 320 g/mol. The van der Waals surface area contributed by atoms with Gasteiger partial charge in [-0.05, 0) is 50.0 Å². The second-order valence-corrected chi connectivity index (χ2v) is 6.85. The smallest absolute Gasteiger partial charge is 0.213 e. The van der Waals surface area contributed by atoms with Gasteiger partial charge in [0.2, 0.25) is 5.88 Å². The van der Waals surface area contributed by atoms with Crippen molar-refractivity contribution in [2.24, 2.45) is 7.05 Å². The first-order valence-corrected chi connectivity index (χ1v) is 9.22. The van der Waals surface area contributed by atoms with E-state index in [1.807, 2.05) is 25.3 Å². The Labute approximate surface area is 154 Å². The van der Waals surface area contributed by atoms with Crippen LogP contribution in [0.3, 0.4) is 0 Å². The van der Waals surface area contributed by atoms with Crippen molar-refractivity contribution in [3.05, 3.63) is 60.4 Å². The van der Waals surface area contributed by atoms with Gasteiger partial charge in [-0.1, -0.05) is 30.9 Å². The van der Waals surface area contributed by atoms with Gasteiger partial charge in [-0.25, -0.2) is 4.98 Å². The molecule has 1 aliphatic rings. The molecule has 2 heterocycles. The molecule has 0 amide bonds. The molecule has 4 rings (SSSR count). The Bertz CT molecular complexity index is 976. The summed E-state index contributed by atoms with van der Waals surface area (Å²) in [6, 6.07) is 10.6. The Morgan fingerprint density at radius 3 is 2.62 bits per heavy atom. The van der Waals surface area contributed by atoms with Crippen molar-refractivity contribution in [1.29, 1.82) is 0 Å². The SMILES string of the molecule is C=Cc1c(/C=C\C)n(C)c2cc(-c3ccc(OC4CCC4)nc3)ccc12. The summed E-state index contributed by atoms with van der Waals surface area (Å²) < 4.78 is 8.08. The number of hydrogen-bond acceptors (Lipinski definition) is 2. The van der Waals surface area contributed by atoms with Crippen molar-refractivity contribution in [1.82, 2.24) is 9.55 Å². The molecular formula is C23H24N2O. The molecule has 2 aromatic heterocycles. The van der Waals surface area contributed by atoms with Gasteiger partial charge < -0.3 is 9.30 Å². The first-order chi connectivity index (χ1) is 12.7. The first kappa shape index (κ1) is 16.6. The van der Waals surface area contributed by atoms with E-state index in [1.165, 1.54) is 28.6 Å². The summed E-state index contributed by atoms with van der Waals surface area (Å²) in [5.74, 6) is 0.725. The normalized spacial score (nSPS) is 14.7. The molecule has 1 aromatic carbocycles. The molecule has 132 valence electrons.